The van der Waals surface area contributed by atoms with E-state index < -0.39 is 0 Å². The minimum Gasteiger partial charge on any atom is -0.465 e. The molecule has 1 aromatic carbocycles. The zero-order chi connectivity index (χ0) is 13.8. The van der Waals surface area contributed by atoms with Crippen molar-refractivity contribution < 1.29 is 9.53 Å². The van der Waals surface area contributed by atoms with E-state index in [9.17, 15) is 4.79 Å². The Kier molecular flexibility index (Phi) is 4.21. The molecule has 19 heavy (non-hydrogen) atoms. The number of nitrogens with zero attached hydrogens (tertiary/aromatic N) is 3. The smallest absolute Gasteiger partial charge is 0.338 e. The normalized spacial score (nSPS) is 10.5. The third-order valence-corrected chi connectivity index (χ3v) is 3.90. The number of methoxy groups -OCH3 is 1. The van der Waals surface area contributed by atoms with Gasteiger partial charge in [0.2, 0.25) is 0 Å². The summed E-state index contributed by atoms with van der Waals surface area (Å²) in [6.07, 6.45) is 0. The molecule has 0 aliphatic heterocycles. The summed E-state index contributed by atoms with van der Waals surface area (Å²) in [5.74, 6) is 1.20. The molecule has 5 nitrogen and oxygen atoms in total. The topological polar surface area (TPSA) is 57.0 Å². The SMILES string of the molecule is COC(=O)c1ccccc1CSc1nnc(C)n1C. The van der Waals surface area contributed by atoms with Crippen molar-refractivity contribution in [3.8, 4) is 0 Å². The average molecular weight is 277 g/mol. The van der Waals surface area contributed by atoms with E-state index in [0.29, 0.717) is 11.3 Å². The predicted molar refractivity (Wildman–Crippen MR) is 73.1 cm³/mol. The lowest BCUT2D eigenvalue weighted by Crippen LogP contribution is -2.05. The summed E-state index contributed by atoms with van der Waals surface area (Å²) in [5, 5.41) is 8.92. The number of aromatic nitrogens is 3. The number of ether oxygens (including phenoxy) is 1. The number of carbonyl (C=O) groups excluding carboxylic acids is 1. The molecule has 2 rings (SSSR count). The van der Waals surface area contributed by atoms with E-state index in [4.69, 9.17) is 4.74 Å². The fourth-order valence-corrected chi connectivity index (χ4v) is 2.57. The number of aryl methyl sites for hydroxylation is 1. The van der Waals surface area contributed by atoms with Gasteiger partial charge in [-0.25, -0.2) is 4.79 Å². The van der Waals surface area contributed by atoms with Crippen molar-refractivity contribution in [2.24, 2.45) is 7.05 Å². The molecule has 0 spiro atoms. The number of hydrogen-bond donors (Lipinski definition) is 0. The number of rotatable bonds is 4. The first-order valence-electron chi connectivity index (χ1n) is 5.78. The zero-order valence-electron chi connectivity index (χ0n) is 11.1. The van der Waals surface area contributed by atoms with E-state index in [2.05, 4.69) is 10.2 Å². The quantitative estimate of drug-likeness (QED) is 0.633. The number of benzene rings is 1. The van der Waals surface area contributed by atoms with Crippen molar-refractivity contribution in [1.82, 2.24) is 14.8 Å². The molecule has 0 unspecified atom stereocenters. The van der Waals surface area contributed by atoms with Crippen molar-refractivity contribution >= 4 is 17.7 Å². The molecule has 0 fully saturated rings. The summed E-state index contributed by atoms with van der Waals surface area (Å²) < 4.78 is 6.70. The Hall–Kier alpha value is -1.82. The second-order valence-electron chi connectivity index (χ2n) is 4.03. The van der Waals surface area contributed by atoms with Crippen LogP contribution in [0.25, 0.3) is 0 Å². The second-order valence-corrected chi connectivity index (χ2v) is 4.97. The Bertz CT molecular complexity index is 595. The first-order chi connectivity index (χ1) is 9.13. The molecule has 6 heteroatoms. The summed E-state index contributed by atoms with van der Waals surface area (Å²) in [7, 11) is 3.31. The van der Waals surface area contributed by atoms with Crippen LogP contribution in [-0.2, 0) is 17.5 Å². The molecular formula is C13H15N3O2S. The summed E-state index contributed by atoms with van der Waals surface area (Å²) in [5.41, 5.74) is 1.52. The molecular weight excluding hydrogens is 262 g/mol. The van der Waals surface area contributed by atoms with Gasteiger partial charge in [0, 0.05) is 12.8 Å². The molecule has 100 valence electrons. The fraction of sp³-hybridized carbons (Fsp3) is 0.308. The van der Waals surface area contributed by atoms with Gasteiger partial charge in [0.25, 0.3) is 0 Å². The monoisotopic (exact) mass is 277 g/mol. The van der Waals surface area contributed by atoms with Crippen LogP contribution < -0.4 is 0 Å². The van der Waals surface area contributed by atoms with E-state index in [0.717, 1.165) is 16.5 Å². The van der Waals surface area contributed by atoms with Crippen LogP contribution in [0.3, 0.4) is 0 Å². The maximum Gasteiger partial charge on any atom is 0.338 e. The van der Waals surface area contributed by atoms with Crippen LogP contribution in [0.2, 0.25) is 0 Å². The summed E-state index contributed by atoms with van der Waals surface area (Å²) in [6, 6.07) is 7.42. The molecule has 0 saturated heterocycles. The molecule has 0 amide bonds. The van der Waals surface area contributed by atoms with E-state index in [-0.39, 0.29) is 5.97 Å². The standard InChI is InChI=1S/C13H15N3O2S/c1-9-14-15-13(16(9)2)19-8-10-6-4-5-7-11(10)12(17)18-3/h4-7H,8H2,1-3H3. The van der Waals surface area contributed by atoms with Crippen molar-refractivity contribution in [3.63, 3.8) is 0 Å². The third-order valence-electron chi connectivity index (χ3n) is 2.83. The van der Waals surface area contributed by atoms with Gasteiger partial charge in [-0.15, -0.1) is 10.2 Å². The molecule has 0 saturated carbocycles. The van der Waals surface area contributed by atoms with Gasteiger partial charge in [-0.05, 0) is 18.6 Å². The molecule has 0 bridgehead atoms. The predicted octanol–water partition coefficient (Wildman–Crippen LogP) is 2.20. The van der Waals surface area contributed by atoms with E-state index in [1.807, 2.05) is 36.7 Å². The van der Waals surface area contributed by atoms with Crippen molar-refractivity contribution in [2.75, 3.05) is 7.11 Å². The van der Waals surface area contributed by atoms with Gasteiger partial charge < -0.3 is 9.30 Å². The van der Waals surface area contributed by atoms with Gasteiger partial charge in [0.1, 0.15) is 5.82 Å². The van der Waals surface area contributed by atoms with E-state index in [1.165, 1.54) is 7.11 Å². The highest BCUT2D eigenvalue weighted by Crippen LogP contribution is 2.23. The molecule has 0 radical (unpaired) electrons. The van der Waals surface area contributed by atoms with Crippen molar-refractivity contribution in [1.29, 1.82) is 0 Å². The largest absolute Gasteiger partial charge is 0.465 e. The van der Waals surface area contributed by atoms with Gasteiger partial charge in [0.15, 0.2) is 5.16 Å². The van der Waals surface area contributed by atoms with Crippen LogP contribution in [0.5, 0.6) is 0 Å². The van der Waals surface area contributed by atoms with Crippen LogP contribution in [0.15, 0.2) is 29.4 Å². The molecule has 1 heterocycles. The molecule has 0 atom stereocenters. The zero-order valence-corrected chi connectivity index (χ0v) is 11.9. The van der Waals surface area contributed by atoms with Gasteiger partial charge in [-0.2, -0.15) is 0 Å². The Balaban J connectivity index is 2.16. The molecule has 0 aliphatic carbocycles. The highest BCUT2D eigenvalue weighted by molar-refractivity contribution is 7.98. The molecule has 0 N–H and O–H groups in total. The number of hydrogen-bond acceptors (Lipinski definition) is 5. The van der Waals surface area contributed by atoms with Gasteiger partial charge in [-0.1, -0.05) is 30.0 Å². The maximum atomic E-state index is 11.7. The Labute approximate surface area is 116 Å². The van der Waals surface area contributed by atoms with Gasteiger partial charge >= 0.3 is 5.97 Å². The summed E-state index contributed by atoms with van der Waals surface area (Å²) in [4.78, 5) is 11.7. The number of thioether (sulfide) groups is 1. The Morgan fingerprint density at radius 1 is 1.37 bits per heavy atom. The number of carbonyl (C=O) groups is 1. The maximum absolute atomic E-state index is 11.7. The van der Waals surface area contributed by atoms with Crippen LogP contribution in [0.1, 0.15) is 21.7 Å². The van der Waals surface area contributed by atoms with E-state index >= 15 is 0 Å². The molecule has 0 aliphatic rings. The van der Waals surface area contributed by atoms with Gasteiger partial charge in [-0.3, -0.25) is 0 Å². The molecule has 2 aromatic rings. The third kappa shape index (κ3) is 2.96. The van der Waals surface area contributed by atoms with Crippen LogP contribution in [-0.4, -0.2) is 27.8 Å². The minimum absolute atomic E-state index is 0.314. The lowest BCUT2D eigenvalue weighted by atomic mass is 10.1. The second kappa shape index (κ2) is 5.88. The van der Waals surface area contributed by atoms with Crippen LogP contribution in [0, 0.1) is 6.92 Å². The lowest BCUT2D eigenvalue weighted by molar-refractivity contribution is 0.0600. The Morgan fingerprint density at radius 2 is 2.11 bits per heavy atom. The highest BCUT2D eigenvalue weighted by atomic mass is 32.2. The molecule has 1 aromatic heterocycles. The highest BCUT2D eigenvalue weighted by Gasteiger charge is 2.12. The van der Waals surface area contributed by atoms with Crippen LogP contribution >= 0.6 is 11.8 Å². The first kappa shape index (κ1) is 13.6. The van der Waals surface area contributed by atoms with Crippen molar-refractivity contribution in [3.05, 3.63) is 41.2 Å². The van der Waals surface area contributed by atoms with E-state index in [1.54, 1.807) is 17.8 Å². The Morgan fingerprint density at radius 3 is 2.74 bits per heavy atom. The fourth-order valence-electron chi connectivity index (χ4n) is 1.61. The summed E-state index contributed by atoms with van der Waals surface area (Å²) >= 11 is 1.54. The van der Waals surface area contributed by atoms with Crippen LogP contribution in [0.4, 0.5) is 0 Å². The minimum atomic E-state index is -0.314. The number of esters is 1. The first-order valence-corrected chi connectivity index (χ1v) is 6.77. The summed E-state index contributed by atoms with van der Waals surface area (Å²) in [6.45, 7) is 1.90. The van der Waals surface area contributed by atoms with Crippen molar-refractivity contribution in [2.45, 2.75) is 17.8 Å². The lowest BCUT2D eigenvalue weighted by Gasteiger charge is -2.07. The van der Waals surface area contributed by atoms with Gasteiger partial charge in [0.05, 0.1) is 12.7 Å². The average Bonchev–Trinajstić information content (AvgIpc) is 2.76.